The largest absolute Gasteiger partial charge is 0.496 e. The van der Waals surface area contributed by atoms with Crippen LogP contribution in [-0.2, 0) is 13.7 Å². The topological polar surface area (TPSA) is 49.8 Å². The zero-order chi connectivity index (χ0) is 19.8. The maximum atomic E-state index is 6.11. The van der Waals surface area contributed by atoms with E-state index in [0.29, 0.717) is 19.1 Å². The summed E-state index contributed by atoms with van der Waals surface area (Å²) >= 11 is 0. The molecule has 1 fully saturated rings. The normalized spacial score (nSPS) is 19.7. The highest BCUT2D eigenvalue weighted by Crippen LogP contribution is 2.37. The number of hydrogen-bond acceptors (Lipinski definition) is 5. The lowest BCUT2D eigenvalue weighted by Gasteiger charge is -2.36. The summed E-state index contributed by atoms with van der Waals surface area (Å²) in [5, 5.41) is 0.204. The van der Waals surface area contributed by atoms with Gasteiger partial charge < -0.3 is 18.5 Å². The molecule has 0 spiro atoms. The van der Waals surface area contributed by atoms with Crippen LogP contribution in [0.4, 0.5) is 0 Å². The highest BCUT2D eigenvalue weighted by atomic mass is 28.4. The van der Waals surface area contributed by atoms with Crippen molar-refractivity contribution in [3.05, 3.63) is 18.3 Å². The zero-order valence-electron chi connectivity index (χ0n) is 17.8. The van der Waals surface area contributed by atoms with Crippen LogP contribution in [0, 0.1) is 0 Å². The molecule has 0 atom stereocenters. The third-order valence-electron chi connectivity index (χ3n) is 5.89. The van der Waals surface area contributed by atoms with Crippen molar-refractivity contribution in [1.82, 2.24) is 4.98 Å². The minimum atomic E-state index is -1.73. The smallest absolute Gasteiger partial charge is 0.475 e. The van der Waals surface area contributed by atoms with Gasteiger partial charge in [-0.1, -0.05) is 26.8 Å². The Kier molecular flexibility index (Phi) is 5.98. The van der Waals surface area contributed by atoms with Gasteiger partial charge in [0.2, 0.25) is 5.88 Å². The lowest BCUT2D eigenvalue weighted by atomic mass is 9.80. The van der Waals surface area contributed by atoms with E-state index in [0.717, 1.165) is 5.46 Å². The summed E-state index contributed by atoms with van der Waals surface area (Å²) in [5.74, 6) is 0.587. The molecule has 1 aromatic heterocycles. The standard InChI is InChI=1S/C19H34BNO4Si/c1-17(2,3)26(8,9)23-13-12-22-16-11-10-15(14-21-16)20-24-18(4,5)19(6,7)25-20/h10-11,14H,12-13H2,1-9H3. The number of rotatable bonds is 6. The van der Waals surface area contributed by atoms with Gasteiger partial charge in [-0.3, -0.25) is 0 Å². The van der Waals surface area contributed by atoms with E-state index < -0.39 is 15.4 Å². The van der Waals surface area contributed by atoms with Crippen LogP contribution in [0.3, 0.4) is 0 Å². The average molecular weight is 379 g/mol. The SMILES string of the molecule is CC1(C)OB(c2ccc(OCCO[Si](C)(C)C(C)(C)C)nc2)OC1(C)C. The van der Waals surface area contributed by atoms with E-state index in [1.165, 1.54) is 0 Å². The van der Waals surface area contributed by atoms with E-state index in [1.54, 1.807) is 6.20 Å². The second-order valence-corrected chi connectivity index (χ2v) is 14.3. The van der Waals surface area contributed by atoms with E-state index in [-0.39, 0.29) is 16.2 Å². The summed E-state index contributed by atoms with van der Waals surface area (Å²) in [4.78, 5) is 4.38. The Bertz CT molecular complexity index is 595. The van der Waals surface area contributed by atoms with Crippen LogP contribution in [0.2, 0.25) is 18.1 Å². The van der Waals surface area contributed by atoms with Gasteiger partial charge in [0.1, 0.15) is 6.61 Å². The number of pyridine rings is 1. The van der Waals surface area contributed by atoms with E-state index in [2.05, 4.69) is 38.8 Å². The predicted octanol–water partition coefficient (Wildman–Crippen LogP) is 3.78. The first-order valence-electron chi connectivity index (χ1n) is 9.34. The van der Waals surface area contributed by atoms with Crippen LogP contribution >= 0.6 is 0 Å². The summed E-state index contributed by atoms with van der Waals surface area (Å²) < 4.78 is 23.9. The quantitative estimate of drug-likeness (QED) is 0.556. The molecule has 0 amide bonds. The molecule has 1 aliphatic rings. The van der Waals surface area contributed by atoms with Crippen LogP contribution in [0.25, 0.3) is 0 Å². The van der Waals surface area contributed by atoms with Gasteiger partial charge in [0, 0.05) is 11.7 Å². The highest BCUT2D eigenvalue weighted by Gasteiger charge is 2.51. The Morgan fingerprint density at radius 3 is 2.08 bits per heavy atom. The molecule has 0 aromatic carbocycles. The van der Waals surface area contributed by atoms with Crippen molar-refractivity contribution in [2.75, 3.05) is 13.2 Å². The summed E-state index contributed by atoms with van der Waals surface area (Å²) in [6.45, 7) is 20.4. The first-order chi connectivity index (χ1) is 11.8. The first-order valence-corrected chi connectivity index (χ1v) is 12.2. The molecule has 2 rings (SSSR count). The monoisotopic (exact) mass is 379 g/mol. The molecular weight excluding hydrogens is 345 g/mol. The second kappa shape index (κ2) is 7.26. The minimum Gasteiger partial charge on any atom is -0.475 e. The summed E-state index contributed by atoms with van der Waals surface area (Å²) in [7, 11) is -2.13. The lowest BCUT2D eigenvalue weighted by Crippen LogP contribution is -2.41. The van der Waals surface area contributed by atoms with E-state index in [1.807, 2.05) is 39.8 Å². The molecule has 0 radical (unpaired) electrons. The number of ether oxygens (including phenoxy) is 1. The number of hydrogen-bond donors (Lipinski definition) is 0. The minimum absolute atomic E-state index is 0.204. The van der Waals surface area contributed by atoms with Crippen molar-refractivity contribution < 1.29 is 18.5 Å². The molecule has 26 heavy (non-hydrogen) atoms. The Labute approximate surface area is 160 Å². The Hall–Kier alpha value is -0.888. The van der Waals surface area contributed by atoms with Crippen LogP contribution in [-0.4, -0.2) is 44.8 Å². The molecular formula is C19H34BNO4Si. The van der Waals surface area contributed by atoms with Crippen LogP contribution in [0.5, 0.6) is 5.88 Å². The van der Waals surface area contributed by atoms with Crippen molar-refractivity contribution in [3.8, 4) is 5.88 Å². The maximum absolute atomic E-state index is 6.11. The van der Waals surface area contributed by atoms with Crippen molar-refractivity contribution in [1.29, 1.82) is 0 Å². The summed E-state index contributed by atoms with van der Waals surface area (Å²) in [5.41, 5.74) is 0.190. The predicted molar refractivity (Wildman–Crippen MR) is 109 cm³/mol. The van der Waals surface area contributed by atoms with Crippen molar-refractivity contribution in [2.24, 2.45) is 0 Å². The molecule has 146 valence electrons. The van der Waals surface area contributed by atoms with Gasteiger partial charge in [0.25, 0.3) is 0 Å². The molecule has 1 aliphatic heterocycles. The van der Waals surface area contributed by atoms with Gasteiger partial charge in [-0.15, -0.1) is 0 Å². The third-order valence-corrected chi connectivity index (χ3v) is 10.4. The second-order valence-electron chi connectivity index (χ2n) is 9.48. The fraction of sp³-hybridized carbons (Fsp3) is 0.737. The molecule has 2 heterocycles. The van der Waals surface area contributed by atoms with E-state index in [9.17, 15) is 0 Å². The van der Waals surface area contributed by atoms with Crippen molar-refractivity contribution >= 4 is 20.9 Å². The summed E-state index contributed by atoms with van der Waals surface area (Å²) in [6, 6.07) is 3.80. The Morgan fingerprint density at radius 1 is 1.04 bits per heavy atom. The van der Waals surface area contributed by atoms with Gasteiger partial charge in [-0.05, 0) is 51.9 Å². The number of aromatic nitrogens is 1. The van der Waals surface area contributed by atoms with Gasteiger partial charge in [0.05, 0.1) is 17.8 Å². The lowest BCUT2D eigenvalue weighted by molar-refractivity contribution is 0.00578. The zero-order valence-corrected chi connectivity index (χ0v) is 18.8. The average Bonchev–Trinajstić information content (AvgIpc) is 2.71. The number of nitrogens with zero attached hydrogens (tertiary/aromatic N) is 1. The van der Waals surface area contributed by atoms with Gasteiger partial charge >= 0.3 is 7.12 Å². The van der Waals surface area contributed by atoms with Gasteiger partial charge in [0.15, 0.2) is 8.32 Å². The van der Waals surface area contributed by atoms with Crippen LogP contribution < -0.4 is 10.2 Å². The molecule has 0 N–H and O–H groups in total. The Morgan fingerprint density at radius 2 is 1.62 bits per heavy atom. The third kappa shape index (κ3) is 4.69. The molecule has 1 saturated heterocycles. The molecule has 1 aromatic rings. The fourth-order valence-electron chi connectivity index (χ4n) is 2.26. The molecule has 0 aliphatic carbocycles. The van der Waals surface area contributed by atoms with Crippen molar-refractivity contribution in [3.63, 3.8) is 0 Å². The molecule has 0 saturated carbocycles. The summed E-state index contributed by atoms with van der Waals surface area (Å²) in [6.07, 6.45) is 1.76. The first kappa shape index (κ1) is 21.4. The highest BCUT2D eigenvalue weighted by molar-refractivity contribution is 6.74. The van der Waals surface area contributed by atoms with E-state index >= 15 is 0 Å². The van der Waals surface area contributed by atoms with Crippen molar-refractivity contribution in [2.45, 2.75) is 77.8 Å². The van der Waals surface area contributed by atoms with E-state index in [4.69, 9.17) is 18.5 Å². The van der Waals surface area contributed by atoms with Crippen LogP contribution in [0.15, 0.2) is 18.3 Å². The fourth-order valence-corrected chi connectivity index (χ4v) is 3.28. The maximum Gasteiger partial charge on any atom is 0.496 e. The van der Waals surface area contributed by atoms with Gasteiger partial charge in [-0.25, -0.2) is 4.98 Å². The molecule has 7 heteroatoms. The van der Waals surface area contributed by atoms with Gasteiger partial charge in [-0.2, -0.15) is 0 Å². The molecule has 0 bridgehead atoms. The molecule has 0 unspecified atom stereocenters. The Balaban J connectivity index is 1.85. The van der Waals surface area contributed by atoms with Crippen LogP contribution in [0.1, 0.15) is 48.5 Å². The molecule has 5 nitrogen and oxygen atoms in total.